The molecule has 0 aliphatic heterocycles. The lowest BCUT2D eigenvalue weighted by atomic mass is 10.0. The number of hydrogen-bond acceptors (Lipinski definition) is 3. The van der Waals surface area contributed by atoms with Crippen LogP contribution in [0, 0.1) is 0 Å². The Balaban J connectivity index is 1.75. The Hall–Kier alpha value is -3.14. The Bertz CT molecular complexity index is 899. The van der Waals surface area contributed by atoms with Crippen molar-refractivity contribution < 1.29 is 9.53 Å². The quantitative estimate of drug-likeness (QED) is 0.584. The van der Waals surface area contributed by atoms with Gasteiger partial charge in [-0.15, -0.1) is 0 Å². The molecule has 3 rings (SSSR count). The third-order valence-electron chi connectivity index (χ3n) is 3.84. The first-order valence-electron chi connectivity index (χ1n) is 7.65. The van der Waals surface area contributed by atoms with Gasteiger partial charge in [0.05, 0.1) is 12.8 Å². The second kappa shape index (κ2) is 6.96. The largest absolute Gasteiger partial charge is 0.497 e. The summed E-state index contributed by atoms with van der Waals surface area (Å²) in [6.45, 7) is 1.87. The molecule has 3 aromatic carbocycles. The van der Waals surface area contributed by atoms with Gasteiger partial charge in [0.15, 0.2) is 0 Å². The zero-order chi connectivity index (χ0) is 16.9. The van der Waals surface area contributed by atoms with Crippen LogP contribution in [0.3, 0.4) is 0 Å². The number of hydrazone groups is 1. The van der Waals surface area contributed by atoms with Crippen LogP contribution in [0.25, 0.3) is 10.8 Å². The summed E-state index contributed by atoms with van der Waals surface area (Å²) < 4.78 is 5.08. The fourth-order valence-corrected chi connectivity index (χ4v) is 2.42. The molecule has 0 radical (unpaired) electrons. The van der Waals surface area contributed by atoms with E-state index in [1.165, 1.54) is 5.39 Å². The molecule has 0 heterocycles. The van der Waals surface area contributed by atoms with Crippen molar-refractivity contribution >= 4 is 22.4 Å². The fraction of sp³-hybridized carbons (Fsp3) is 0.100. The van der Waals surface area contributed by atoms with Gasteiger partial charge in [0.2, 0.25) is 0 Å². The Kier molecular flexibility index (Phi) is 4.57. The van der Waals surface area contributed by atoms with Crippen LogP contribution in [-0.2, 0) is 0 Å². The molecule has 0 saturated heterocycles. The number of rotatable bonds is 4. The summed E-state index contributed by atoms with van der Waals surface area (Å²) in [7, 11) is 1.59. The number of nitrogens with one attached hydrogen (secondary N) is 1. The molecule has 1 amide bonds. The normalized spacial score (nSPS) is 11.3. The van der Waals surface area contributed by atoms with Crippen LogP contribution >= 0.6 is 0 Å². The van der Waals surface area contributed by atoms with Crippen molar-refractivity contribution in [2.24, 2.45) is 5.10 Å². The minimum atomic E-state index is -0.252. The topological polar surface area (TPSA) is 50.7 Å². The van der Waals surface area contributed by atoms with E-state index in [0.717, 1.165) is 16.7 Å². The highest BCUT2D eigenvalue weighted by Crippen LogP contribution is 2.16. The number of amides is 1. The smallest absolute Gasteiger partial charge is 0.271 e. The summed E-state index contributed by atoms with van der Waals surface area (Å²) in [4.78, 5) is 12.1. The molecule has 3 aromatic rings. The zero-order valence-electron chi connectivity index (χ0n) is 13.6. The second-order valence-electron chi connectivity index (χ2n) is 5.43. The van der Waals surface area contributed by atoms with E-state index < -0.39 is 0 Å². The molecule has 0 atom stereocenters. The molecule has 0 aromatic heterocycles. The lowest BCUT2D eigenvalue weighted by Crippen LogP contribution is -2.19. The van der Waals surface area contributed by atoms with Crippen LogP contribution in [0.1, 0.15) is 22.8 Å². The molecule has 0 spiro atoms. The van der Waals surface area contributed by atoms with E-state index in [1.54, 1.807) is 31.4 Å². The Morgan fingerprint density at radius 1 is 0.917 bits per heavy atom. The minimum absolute atomic E-state index is 0.252. The van der Waals surface area contributed by atoms with Crippen LogP contribution in [0.2, 0.25) is 0 Å². The molecule has 24 heavy (non-hydrogen) atoms. The number of nitrogens with zero attached hydrogens (tertiary/aromatic N) is 1. The maximum atomic E-state index is 12.1. The van der Waals surface area contributed by atoms with Crippen molar-refractivity contribution in [3.05, 3.63) is 77.9 Å². The SMILES string of the molecule is COc1ccc(C(=O)NN=C(C)c2ccc3ccccc3c2)cc1. The number of benzene rings is 3. The van der Waals surface area contributed by atoms with Gasteiger partial charge in [-0.3, -0.25) is 4.79 Å². The maximum absolute atomic E-state index is 12.1. The zero-order valence-corrected chi connectivity index (χ0v) is 13.6. The standard InChI is InChI=1S/C20H18N2O2/c1-14(17-8-7-15-5-3-4-6-18(15)13-17)21-22-20(23)16-9-11-19(24-2)12-10-16/h3-13H,1-2H3,(H,22,23). The summed E-state index contributed by atoms with van der Waals surface area (Å²) in [6, 6.07) is 21.2. The summed E-state index contributed by atoms with van der Waals surface area (Å²) in [5.74, 6) is 0.459. The summed E-state index contributed by atoms with van der Waals surface area (Å²) in [6.07, 6.45) is 0. The molecule has 4 nitrogen and oxygen atoms in total. The van der Waals surface area contributed by atoms with E-state index in [-0.39, 0.29) is 5.91 Å². The Morgan fingerprint density at radius 3 is 2.29 bits per heavy atom. The van der Waals surface area contributed by atoms with E-state index in [2.05, 4.69) is 34.8 Å². The number of carbonyl (C=O) groups excluding carboxylic acids is 1. The number of ether oxygens (including phenoxy) is 1. The first-order valence-corrected chi connectivity index (χ1v) is 7.65. The number of hydrogen-bond donors (Lipinski definition) is 1. The first kappa shape index (κ1) is 15.7. The molecule has 0 aliphatic rings. The summed E-state index contributed by atoms with van der Waals surface area (Å²) in [5.41, 5.74) is 4.85. The molecule has 1 N–H and O–H groups in total. The van der Waals surface area contributed by atoms with Gasteiger partial charge < -0.3 is 4.74 Å². The summed E-state index contributed by atoms with van der Waals surface area (Å²) >= 11 is 0. The van der Waals surface area contributed by atoms with Crippen LogP contribution in [0.15, 0.2) is 71.8 Å². The average molecular weight is 318 g/mol. The predicted octanol–water partition coefficient (Wildman–Crippen LogP) is 4.00. The first-order chi connectivity index (χ1) is 11.7. The molecule has 120 valence electrons. The van der Waals surface area contributed by atoms with Crippen LogP contribution in [0.4, 0.5) is 0 Å². The van der Waals surface area contributed by atoms with Gasteiger partial charge >= 0.3 is 0 Å². The van der Waals surface area contributed by atoms with Gasteiger partial charge in [-0.2, -0.15) is 5.10 Å². The average Bonchev–Trinajstić information content (AvgIpc) is 2.65. The Labute approximate surface area is 140 Å². The van der Waals surface area contributed by atoms with E-state index in [0.29, 0.717) is 11.3 Å². The predicted molar refractivity (Wildman–Crippen MR) is 96.6 cm³/mol. The van der Waals surface area contributed by atoms with Crippen LogP contribution in [0.5, 0.6) is 5.75 Å². The lowest BCUT2D eigenvalue weighted by molar-refractivity contribution is 0.0955. The van der Waals surface area contributed by atoms with Gasteiger partial charge in [-0.05, 0) is 53.6 Å². The maximum Gasteiger partial charge on any atom is 0.271 e. The molecule has 0 saturated carbocycles. The minimum Gasteiger partial charge on any atom is -0.497 e. The third kappa shape index (κ3) is 3.43. The molecule has 0 unspecified atom stereocenters. The number of methoxy groups -OCH3 is 1. The van der Waals surface area contributed by atoms with Crippen molar-refractivity contribution in [3.8, 4) is 5.75 Å². The third-order valence-corrected chi connectivity index (χ3v) is 3.84. The highest BCUT2D eigenvalue weighted by Gasteiger charge is 2.05. The summed E-state index contributed by atoms with van der Waals surface area (Å²) in [5, 5.41) is 6.53. The van der Waals surface area contributed by atoms with Gasteiger partial charge in [0, 0.05) is 5.56 Å². The fourth-order valence-electron chi connectivity index (χ4n) is 2.42. The van der Waals surface area contributed by atoms with E-state index >= 15 is 0 Å². The monoisotopic (exact) mass is 318 g/mol. The van der Waals surface area contributed by atoms with Crippen molar-refractivity contribution in [2.75, 3.05) is 7.11 Å². The molecule has 4 heteroatoms. The van der Waals surface area contributed by atoms with E-state index in [1.807, 2.05) is 25.1 Å². The van der Waals surface area contributed by atoms with Crippen LogP contribution in [-0.4, -0.2) is 18.7 Å². The molecular weight excluding hydrogens is 300 g/mol. The van der Waals surface area contributed by atoms with Gasteiger partial charge in [0.25, 0.3) is 5.91 Å². The van der Waals surface area contributed by atoms with Crippen LogP contribution < -0.4 is 10.2 Å². The van der Waals surface area contributed by atoms with Crippen molar-refractivity contribution in [3.63, 3.8) is 0 Å². The van der Waals surface area contributed by atoms with Crippen molar-refractivity contribution in [2.45, 2.75) is 6.92 Å². The molecular formula is C20H18N2O2. The highest BCUT2D eigenvalue weighted by atomic mass is 16.5. The van der Waals surface area contributed by atoms with Gasteiger partial charge in [-0.25, -0.2) is 5.43 Å². The van der Waals surface area contributed by atoms with Gasteiger partial charge in [-0.1, -0.05) is 36.4 Å². The van der Waals surface area contributed by atoms with E-state index in [4.69, 9.17) is 4.74 Å². The highest BCUT2D eigenvalue weighted by molar-refractivity contribution is 6.03. The van der Waals surface area contributed by atoms with Crippen molar-refractivity contribution in [1.82, 2.24) is 5.43 Å². The Morgan fingerprint density at radius 2 is 1.58 bits per heavy atom. The molecule has 0 fully saturated rings. The molecule has 0 aliphatic carbocycles. The number of fused-ring (bicyclic) bond motifs is 1. The lowest BCUT2D eigenvalue weighted by Gasteiger charge is -2.05. The van der Waals surface area contributed by atoms with Crippen molar-refractivity contribution in [1.29, 1.82) is 0 Å². The van der Waals surface area contributed by atoms with Gasteiger partial charge in [0.1, 0.15) is 5.75 Å². The second-order valence-corrected chi connectivity index (χ2v) is 5.43. The molecule has 0 bridgehead atoms. The number of carbonyl (C=O) groups is 1. The van der Waals surface area contributed by atoms with E-state index in [9.17, 15) is 4.79 Å².